The molecule has 0 spiro atoms. The van der Waals surface area contributed by atoms with E-state index < -0.39 is 11.7 Å². The molecule has 0 aliphatic heterocycles. The van der Waals surface area contributed by atoms with Crippen LogP contribution in [0, 0.1) is 5.92 Å². The topological polar surface area (TPSA) is 64.3 Å². The molecule has 112 valence electrons. The number of anilines is 2. The molecule has 0 fully saturated rings. The molecule has 1 aromatic rings. The van der Waals surface area contributed by atoms with E-state index in [0.717, 1.165) is 18.2 Å². The second-order valence-corrected chi connectivity index (χ2v) is 4.61. The second kappa shape index (κ2) is 6.60. The molecule has 1 unspecified atom stereocenters. The Bertz CT molecular complexity index is 475. The van der Waals surface area contributed by atoms with E-state index in [2.05, 4.69) is 5.32 Å². The van der Waals surface area contributed by atoms with Crippen molar-refractivity contribution in [2.75, 3.05) is 24.8 Å². The maximum atomic E-state index is 12.5. The van der Waals surface area contributed by atoms with Crippen LogP contribution in [0.3, 0.4) is 0 Å². The van der Waals surface area contributed by atoms with E-state index in [0.29, 0.717) is 6.61 Å². The lowest BCUT2D eigenvalue weighted by Gasteiger charge is -2.13. The third-order valence-corrected chi connectivity index (χ3v) is 2.64. The highest BCUT2D eigenvalue weighted by atomic mass is 19.4. The van der Waals surface area contributed by atoms with Crippen molar-refractivity contribution < 1.29 is 22.7 Å². The Hall–Kier alpha value is -1.76. The van der Waals surface area contributed by atoms with Gasteiger partial charge in [-0.1, -0.05) is 6.92 Å². The Kier molecular flexibility index (Phi) is 5.38. The Labute approximate surface area is 115 Å². The molecule has 1 aromatic carbocycles. The first-order valence-electron chi connectivity index (χ1n) is 5.99. The monoisotopic (exact) mass is 290 g/mol. The first-order valence-corrected chi connectivity index (χ1v) is 5.99. The smallest absolute Gasteiger partial charge is 0.397 e. The van der Waals surface area contributed by atoms with Crippen LogP contribution in [0.4, 0.5) is 24.5 Å². The van der Waals surface area contributed by atoms with Crippen LogP contribution in [0.2, 0.25) is 0 Å². The number of halogens is 3. The number of amides is 1. The zero-order valence-corrected chi connectivity index (χ0v) is 11.3. The van der Waals surface area contributed by atoms with E-state index >= 15 is 0 Å². The number of ether oxygens (including phenoxy) is 1. The Morgan fingerprint density at radius 3 is 2.60 bits per heavy atom. The summed E-state index contributed by atoms with van der Waals surface area (Å²) in [5.74, 6) is -0.309. The van der Waals surface area contributed by atoms with Crippen LogP contribution in [0.1, 0.15) is 18.9 Å². The lowest BCUT2D eigenvalue weighted by Crippen LogP contribution is -2.18. The summed E-state index contributed by atoms with van der Waals surface area (Å²) in [5, 5.41) is 2.49. The number of carbonyl (C=O) groups excluding carboxylic acids is 1. The quantitative estimate of drug-likeness (QED) is 0.819. The average molecular weight is 290 g/mol. The summed E-state index contributed by atoms with van der Waals surface area (Å²) in [5.41, 5.74) is 4.73. The number of methoxy groups -OCH3 is 1. The number of nitrogens with two attached hydrogens (primary N) is 1. The van der Waals surface area contributed by atoms with Gasteiger partial charge in [0.05, 0.1) is 16.9 Å². The van der Waals surface area contributed by atoms with Gasteiger partial charge in [0.25, 0.3) is 0 Å². The van der Waals surface area contributed by atoms with Crippen LogP contribution in [0.25, 0.3) is 0 Å². The molecule has 4 nitrogen and oxygen atoms in total. The zero-order valence-electron chi connectivity index (χ0n) is 11.3. The molecule has 0 bridgehead atoms. The zero-order chi connectivity index (χ0) is 15.3. The van der Waals surface area contributed by atoms with E-state index in [1.54, 1.807) is 0 Å². The van der Waals surface area contributed by atoms with Gasteiger partial charge in [0.1, 0.15) is 0 Å². The second-order valence-electron chi connectivity index (χ2n) is 4.61. The van der Waals surface area contributed by atoms with Gasteiger partial charge in [-0.15, -0.1) is 0 Å². The van der Waals surface area contributed by atoms with Crippen molar-refractivity contribution in [2.24, 2.45) is 5.92 Å². The highest BCUT2D eigenvalue weighted by Gasteiger charge is 2.30. The molecule has 0 heterocycles. The molecular formula is C13H17F3N2O2. The van der Waals surface area contributed by atoms with E-state index in [9.17, 15) is 18.0 Å². The molecule has 20 heavy (non-hydrogen) atoms. The number of nitrogens with one attached hydrogen (secondary N) is 1. The Morgan fingerprint density at radius 2 is 2.10 bits per heavy atom. The van der Waals surface area contributed by atoms with Crippen LogP contribution in [0.5, 0.6) is 0 Å². The highest BCUT2D eigenvalue weighted by Crippen LogP contribution is 2.32. The maximum absolute atomic E-state index is 12.5. The van der Waals surface area contributed by atoms with Crippen molar-refractivity contribution in [1.29, 1.82) is 0 Å². The number of hydrogen-bond donors (Lipinski definition) is 2. The van der Waals surface area contributed by atoms with Crippen molar-refractivity contribution in [3.05, 3.63) is 23.8 Å². The predicted molar refractivity (Wildman–Crippen MR) is 70.1 cm³/mol. The summed E-state index contributed by atoms with van der Waals surface area (Å²) >= 11 is 0. The van der Waals surface area contributed by atoms with Crippen LogP contribution in [0.15, 0.2) is 18.2 Å². The van der Waals surface area contributed by atoms with Gasteiger partial charge in [0.2, 0.25) is 5.91 Å². The summed E-state index contributed by atoms with van der Waals surface area (Å²) < 4.78 is 42.3. The number of nitrogen functional groups attached to an aromatic ring is 1. The Balaban J connectivity index is 2.72. The standard InChI is InChI=1S/C13H17F3N2O2/c1-8(7-20-2)5-12(19)18-11-4-3-9(6-10(11)17)13(14,15)16/h3-4,6,8H,5,7,17H2,1-2H3,(H,18,19). The number of alkyl halides is 3. The summed E-state index contributed by atoms with van der Waals surface area (Å²) in [6.07, 6.45) is -4.25. The van der Waals surface area contributed by atoms with Gasteiger partial charge in [-0.25, -0.2) is 0 Å². The largest absolute Gasteiger partial charge is 0.416 e. The van der Waals surface area contributed by atoms with Gasteiger partial charge in [0, 0.05) is 20.1 Å². The third kappa shape index (κ3) is 4.73. The van der Waals surface area contributed by atoms with Crippen LogP contribution >= 0.6 is 0 Å². The number of rotatable bonds is 5. The number of hydrogen-bond acceptors (Lipinski definition) is 3. The predicted octanol–water partition coefficient (Wildman–Crippen LogP) is 2.90. The fourth-order valence-corrected chi connectivity index (χ4v) is 1.71. The molecule has 0 aromatic heterocycles. The Morgan fingerprint density at radius 1 is 1.45 bits per heavy atom. The molecular weight excluding hydrogens is 273 g/mol. The minimum Gasteiger partial charge on any atom is -0.397 e. The molecule has 0 saturated carbocycles. The van der Waals surface area contributed by atoms with Gasteiger partial charge in [-0.3, -0.25) is 4.79 Å². The summed E-state index contributed by atoms with van der Waals surface area (Å²) in [4.78, 5) is 11.7. The first kappa shape index (κ1) is 16.3. The molecule has 0 saturated heterocycles. The fourth-order valence-electron chi connectivity index (χ4n) is 1.71. The molecule has 0 radical (unpaired) electrons. The molecule has 1 amide bonds. The van der Waals surface area contributed by atoms with Gasteiger partial charge in [-0.2, -0.15) is 13.2 Å². The van der Waals surface area contributed by atoms with E-state index in [4.69, 9.17) is 10.5 Å². The molecule has 1 rings (SSSR count). The van der Waals surface area contributed by atoms with E-state index in [-0.39, 0.29) is 29.6 Å². The van der Waals surface area contributed by atoms with E-state index in [1.807, 2.05) is 6.92 Å². The van der Waals surface area contributed by atoms with Gasteiger partial charge in [0.15, 0.2) is 0 Å². The van der Waals surface area contributed by atoms with Gasteiger partial charge >= 0.3 is 6.18 Å². The SMILES string of the molecule is COCC(C)CC(=O)Nc1ccc(C(F)(F)F)cc1N. The van der Waals surface area contributed by atoms with Crippen molar-refractivity contribution in [3.63, 3.8) is 0 Å². The number of carbonyl (C=O) groups is 1. The minimum atomic E-state index is -4.45. The van der Waals surface area contributed by atoms with Crippen molar-refractivity contribution in [3.8, 4) is 0 Å². The lowest BCUT2D eigenvalue weighted by atomic mass is 10.1. The maximum Gasteiger partial charge on any atom is 0.416 e. The van der Waals surface area contributed by atoms with Gasteiger partial charge in [-0.05, 0) is 24.1 Å². The first-order chi connectivity index (χ1) is 9.24. The van der Waals surface area contributed by atoms with Crippen molar-refractivity contribution in [2.45, 2.75) is 19.5 Å². The minimum absolute atomic E-state index is 0.00988. The number of benzene rings is 1. The van der Waals surface area contributed by atoms with Crippen molar-refractivity contribution in [1.82, 2.24) is 0 Å². The average Bonchev–Trinajstić information content (AvgIpc) is 2.30. The van der Waals surface area contributed by atoms with Crippen LogP contribution in [-0.4, -0.2) is 19.6 Å². The van der Waals surface area contributed by atoms with Crippen LogP contribution < -0.4 is 11.1 Å². The van der Waals surface area contributed by atoms with Crippen LogP contribution in [-0.2, 0) is 15.7 Å². The summed E-state index contributed by atoms with van der Waals surface area (Å²) in [7, 11) is 1.53. The normalized spacial score (nSPS) is 13.1. The summed E-state index contributed by atoms with van der Waals surface area (Å²) in [6, 6.07) is 2.83. The molecule has 1 atom stereocenters. The van der Waals surface area contributed by atoms with Gasteiger partial charge < -0.3 is 15.8 Å². The highest BCUT2D eigenvalue weighted by molar-refractivity contribution is 5.94. The molecule has 7 heteroatoms. The summed E-state index contributed by atoms with van der Waals surface area (Å²) in [6.45, 7) is 2.26. The molecule has 3 N–H and O–H groups in total. The molecule has 0 aliphatic rings. The third-order valence-electron chi connectivity index (χ3n) is 2.64. The van der Waals surface area contributed by atoms with E-state index in [1.165, 1.54) is 7.11 Å². The molecule has 0 aliphatic carbocycles. The lowest BCUT2D eigenvalue weighted by molar-refractivity contribution is -0.137. The fraction of sp³-hybridized carbons (Fsp3) is 0.462. The van der Waals surface area contributed by atoms with Crippen molar-refractivity contribution >= 4 is 17.3 Å².